The SMILES string of the molecule is CCn1ccc2c(c(NC(=O)OC(C)(C)C)nn2C)c1=O. The molecule has 114 valence electrons. The van der Waals surface area contributed by atoms with Crippen molar-refractivity contribution < 1.29 is 9.53 Å². The van der Waals surface area contributed by atoms with Crippen molar-refractivity contribution in [3.8, 4) is 0 Å². The first-order valence-corrected chi connectivity index (χ1v) is 6.79. The van der Waals surface area contributed by atoms with Gasteiger partial charge in [0.05, 0.1) is 5.52 Å². The molecule has 0 bridgehead atoms. The van der Waals surface area contributed by atoms with Crippen LogP contribution in [0, 0.1) is 0 Å². The lowest BCUT2D eigenvalue weighted by Gasteiger charge is -2.19. The first-order chi connectivity index (χ1) is 9.73. The maximum atomic E-state index is 12.4. The molecule has 0 aliphatic rings. The number of nitrogens with zero attached hydrogens (tertiary/aromatic N) is 3. The normalized spacial score (nSPS) is 11.7. The Hall–Kier alpha value is -2.31. The molecule has 0 unspecified atom stereocenters. The number of carbonyl (C=O) groups excluding carboxylic acids is 1. The second kappa shape index (κ2) is 5.23. The molecule has 2 heterocycles. The number of hydrogen-bond acceptors (Lipinski definition) is 4. The van der Waals surface area contributed by atoms with E-state index in [2.05, 4.69) is 10.4 Å². The van der Waals surface area contributed by atoms with Crippen molar-refractivity contribution >= 4 is 22.8 Å². The van der Waals surface area contributed by atoms with E-state index in [-0.39, 0.29) is 11.4 Å². The Labute approximate surface area is 122 Å². The molecule has 1 amide bonds. The molecule has 0 aromatic carbocycles. The zero-order valence-electron chi connectivity index (χ0n) is 12.9. The van der Waals surface area contributed by atoms with Gasteiger partial charge in [0.15, 0.2) is 5.82 Å². The molecule has 2 rings (SSSR count). The molecular formula is C14H20N4O3. The monoisotopic (exact) mass is 292 g/mol. The van der Waals surface area contributed by atoms with Gasteiger partial charge in [0.1, 0.15) is 11.0 Å². The van der Waals surface area contributed by atoms with Crippen LogP contribution in [0.4, 0.5) is 10.6 Å². The lowest BCUT2D eigenvalue weighted by Crippen LogP contribution is -2.28. The van der Waals surface area contributed by atoms with Crippen LogP contribution in [0.5, 0.6) is 0 Å². The Kier molecular flexibility index (Phi) is 3.76. The van der Waals surface area contributed by atoms with Gasteiger partial charge in [-0.3, -0.25) is 14.8 Å². The third kappa shape index (κ3) is 3.07. The minimum Gasteiger partial charge on any atom is -0.444 e. The number of rotatable bonds is 2. The highest BCUT2D eigenvalue weighted by molar-refractivity contribution is 5.96. The quantitative estimate of drug-likeness (QED) is 0.919. The van der Waals surface area contributed by atoms with Gasteiger partial charge in [-0.05, 0) is 33.8 Å². The third-order valence-corrected chi connectivity index (χ3v) is 2.94. The van der Waals surface area contributed by atoms with Crippen LogP contribution in [0.2, 0.25) is 0 Å². The number of anilines is 1. The number of amides is 1. The second-order valence-electron chi connectivity index (χ2n) is 5.77. The van der Waals surface area contributed by atoms with Gasteiger partial charge in [0.25, 0.3) is 5.56 Å². The predicted octanol–water partition coefficient (Wildman–Crippen LogP) is 2.10. The Morgan fingerprint density at radius 1 is 1.43 bits per heavy atom. The molecule has 0 aliphatic carbocycles. The fourth-order valence-corrected chi connectivity index (χ4v) is 2.05. The molecule has 7 nitrogen and oxygen atoms in total. The summed E-state index contributed by atoms with van der Waals surface area (Å²) < 4.78 is 8.31. The van der Waals surface area contributed by atoms with Crippen molar-refractivity contribution in [1.29, 1.82) is 0 Å². The van der Waals surface area contributed by atoms with E-state index in [1.165, 1.54) is 0 Å². The van der Waals surface area contributed by atoms with Crippen LogP contribution in [-0.2, 0) is 18.3 Å². The van der Waals surface area contributed by atoms with Gasteiger partial charge in [-0.15, -0.1) is 0 Å². The molecule has 1 N–H and O–H groups in total. The van der Waals surface area contributed by atoms with Crippen LogP contribution in [0.25, 0.3) is 10.9 Å². The van der Waals surface area contributed by atoms with Gasteiger partial charge in [-0.1, -0.05) is 0 Å². The Morgan fingerprint density at radius 3 is 2.67 bits per heavy atom. The lowest BCUT2D eigenvalue weighted by molar-refractivity contribution is 0.0635. The standard InChI is InChI=1S/C14H20N4O3/c1-6-18-8-7-9-10(12(18)19)11(16-17(9)5)15-13(20)21-14(2,3)4/h7-8H,6H2,1-5H3,(H,15,16,20). The number of nitrogens with one attached hydrogen (secondary N) is 1. The highest BCUT2D eigenvalue weighted by atomic mass is 16.6. The van der Waals surface area contributed by atoms with Crippen LogP contribution in [0.1, 0.15) is 27.7 Å². The summed E-state index contributed by atoms with van der Waals surface area (Å²) in [5.74, 6) is 0.217. The molecule has 2 aromatic heterocycles. The molecule has 0 atom stereocenters. The fourth-order valence-electron chi connectivity index (χ4n) is 2.05. The van der Waals surface area contributed by atoms with Gasteiger partial charge >= 0.3 is 6.09 Å². The van der Waals surface area contributed by atoms with Crippen LogP contribution in [0.3, 0.4) is 0 Å². The Morgan fingerprint density at radius 2 is 2.10 bits per heavy atom. The topological polar surface area (TPSA) is 78.2 Å². The largest absolute Gasteiger partial charge is 0.444 e. The lowest BCUT2D eigenvalue weighted by atomic mass is 10.2. The van der Waals surface area contributed by atoms with Gasteiger partial charge in [-0.25, -0.2) is 4.79 Å². The molecule has 0 spiro atoms. The number of carbonyl (C=O) groups is 1. The summed E-state index contributed by atoms with van der Waals surface area (Å²) in [5, 5.41) is 7.12. The average molecular weight is 292 g/mol. The molecule has 0 radical (unpaired) electrons. The number of aromatic nitrogens is 3. The first kappa shape index (κ1) is 15.1. The summed E-state index contributed by atoms with van der Waals surface area (Å²) >= 11 is 0. The average Bonchev–Trinajstić information content (AvgIpc) is 2.65. The molecule has 21 heavy (non-hydrogen) atoms. The smallest absolute Gasteiger partial charge is 0.413 e. The highest BCUT2D eigenvalue weighted by Gasteiger charge is 2.20. The summed E-state index contributed by atoms with van der Waals surface area (Å²) in [6.07, 6.45) is 1.08. The number of ether oxygens (including phenoxy) is 1. The third-order valence-electron chi connectivity index (χ3n) is 2.94. The van der Waals surface area contributed by atoms with Crippen molar-refractivity contribution in [3.05, 3.63) is 22.6 Å². The van der Waals surface area contributed by atoms with E-state index in [1.54, 1.807) is 49.3 Å². The molecule has 2 aromatic rings. The highest BCUT2D eigenvalue weighted by Crippen LogP contribution is 2.19. The second-order valence-corrected chi connectivity index (χ2v) is 5.77. The summed E-state index contributed by atoms with van der Waals surface area (Å²) in [7, 11) is 1.72. The molecule has 0 fully saturated rings. The molecular weight excluding hydrogens is 272 g/mol. The van der Waals surface area contributed by atoms with E-state index in [0.29, 0.717) is 17.4 Å². The summed E-state index contributed by atoms with van der Waals surface area (Å²) in [6, 6.07) is 1.80. The van der Waals surface area contributed by atoms with E-state index in [0.717, 1.165) is 0 Å². The van der Waals surface area contributed by atoms with Crippen molar-refractivity contribution in [2.75, 3.05) is 5.32 Å². The van der Waals surface area contributed by atoms with Crippen LogP contribution < -0.4 is 10.9 Å². The maximum Gasteiger partial charge on any atom is 0.413 e. The zero-order chi connectivity index (χ0) is 15.8. The predicted molar refractivity (Wildman–Crippen MR) is 80.5 cm³/mol. The van der Waals surface area contributed by atoms with Gasteiger partial charge in [-0.2, -0.15) is 5.10 Å². The van der Waals surface area contributed by atoms with Crippen LogP contribution >= 0.6 is 0 Å². The fraction of sp³-hybridized carbons (Fsp3) is 0.500. The van der Waals surface area contributed by atoms with Crippen molar-refractivity contribution in [1.82, 2.24) is 14.3 Å². The van der Waals surface area contributed by atoms with Crippen molar-refractivity contribution in [3.63, 3.8) is 0 Å². The van der Waals surface area contributed by atoms with E-state index in [1.807, 2.05) is 6.92 Å². The minimum absolute atomic E-state index is 0.186. The molecule has 7 heteroatoms. The Bertz CT molecular complexity index is 737. The molecule has 0 saturated carbocycles. The van der Waals surface area contributed by atoms with Crippen molar-refractivity contribution in [2.24, 2.45) is 7.05 Å². The van der Waals surface area contributed by atoms with Crippen LogP contribution in [0.15, 0.2) is 17.1 Å². The van der Waals surface area contributed by atoms with Gasteiger partial charge < -0.3 is 9.30 Å². The number of fused-ring (bicyclic) bond motifs is 1. The summed E-state index contributed by atoms with van der Waals surface area (Å²) in [5.41, 5.74) is -0.136. The van der Waals surface area contributed by atoms with Gasteiger partial charge in [0, 0.05) is 19.8 Å². The van der Waals surface area contributed by atoms with E-state index in [4.69, 9.17) is 4.74 Å². The minimum atomic E-state index is -0.631. The zero-order valence-corrected chi connectivity index (χ0v) is 12.9. The molecule has 0 aliphatic heterocycles. The van der Waals surface area contributed by atoms with Crippen molar-refractivity contribution in [2.45, 2.75) is 39.8 Å². The molecule has 0 saturated heterocycles. The van der Waals surface area contributed by atoms with E-state index in [9.17, 15) is 9.59 Å². The summed E-state index contributed by atoms with van der Waals surface area (Å²) in [6.45, 7) is 7.74. The number of hydrogen-bond donors (Lipinski definition) is 1. The first-order valence-electron chi connectivity index (χ1n) is 6.79. The Balaban J connectivity index is 2.45. The van der Waals surface area contributed by atoms with E-state index >= 15 is 0 Å². The van der Waals surface area contributed by atoms with Gasteiger partial charge in [0.2, 0.25) is 0 Å². The number of aryl methyl sites for hydroxylation is 2. The maximum absolute atomic E-state index is 12.4. The number of pyridine rings is 1. The summed E-state index contributed by atoms with van der Waals surface area (Å²) in [4.78, 5) is 24.2. The van der Waals surface area contributed by atoms with Crippen LogP contribution in [-0.4, -0.2) is 26.0 Å². The van der Waals surface area contributed by atoms with E-state index < -0.39 is 11.7 Å².